The molecule has 1 aliphatic heterocycles. The lowest BCUT2D eigenvalue weighted by atomic mass is 10.0. The van der Waals surface area contributed by atoms with Crippen molar-refractivity contribution >= 4 is 11.8 Å². The molecule has 2 heterocycles. The molecule has 2 atom stereocenters. The smallest absolute Gasteiger partial charge is 0.255 e. The molecule has 2 amide bonds. The number of aryl methyl sites for hydroxylation is 2. The zero-order valence-electron chi connectivity index (χ0n) is 14.1. The molecule has 1 aromatic rings. The van der Waals surface area contributed by atoms with Crippen molar-refractivity contribution in [1.82, 2.24) is 15.1 Å². The van der Waals surface area contributed by atoms with E-state index < -0.39 is 6.10 Å². The average Bonchev–Trinajstić information content (AvgIpc) is 2.80. The Balaban J connectivity index is 1.90. The number of hydrogen-bond acceptors (Lipinski definition) is 5. The zero-order chi connectivity index (χ0) is 17.1. The minimum atomic E-state index is -0.698. The van der Waals surface area contributed by atoms with Gasteiger partial charge in [0.2, 0.25) is 5.91 Å². The van der Waals surface area contributed by atoms with Crippen LogP contribution in [0.25, 0.3) is 0 Å². The summed E-state index contributed by atoms with van der Waals surface area (Å²) in [6.07, 6.45) is -0.0975. The normalized spacial score (nSPS) is 22.0. The van der Waals surface area contributed by atoms with E-state index in [0.717, 1.165) is 0 Å². The van der Waals surface area contributed by atoms with Gasteiger partial charge >= 0.3 is 0 Å². The highest BCUT2D eigenvalue weighted by Gasteiger charge is 2.30. The van der Waals surface area contributed by atoms with Crippen LogP contribution in [0.1, 0.15) is 28.3 Å². The molecular formula is C16H25N3O4. The number of piperidine rings is 1. The minimum Gasteiger partial charge on any atom is -0.466 e. The highest BCUT2D eigenvalue weighted by molar-refractivity contribution is 5.95. The first-order valence-corrected chi connectivity index (χ1v) is 7.76. The summed E-state index contributed by atoms with van der Waals surface area (Å²) in [4.78, 5) is 27.4. The van der Waals surface area contributed by atoms with Gasteiger partial charge in [-0.1, -0.05) is 0 Å². The lowest BCUT2D eigenvalue weighted by Crippen LogP contribution is -2.55. The number of nitrogens with zero attached hydrogens (tertiary/aromatic N) is 2. The fourth-order valence-corrected chi connectivity index (χ4v) is 2.74. The Kier molecular flexibility index (Phi) is 5.43. The third kappa shape index (κ3) is 4.33. The van der Waals surface area contributed by atoms with Crippen molar-refractivity contribution in [2.24, 2.45) is 0 Å². The first-order chi connectivity index (χ1) is 10.8. The molecule has 0 aromatic carbocycles. The summed E-state index contributed by atoms with van der Waals surface area (Å²) in [5.41, 5.74) is 0.500. The number of amides is 2. The van der Waals surface area contributed by atoms with Crippen LogP contribution < -0.4 is 5.32 Å². The van der Waals surface area contributed by atoms with E-state index in [1.807, 2.05) is 4.90 Å². The summed E-state index contributed by atoms with van der Waals surface area (Å²) >= 11 is 0. The molecular weight excluding hydrogens is 298 g/mol. The second-order valence-electron chi connectivity index (χ2n) is 6.29. The van der Waals surface area contributed by atoms with Crippen LogP contribution in [0.4, 0.5) is 0 Å². The predicted molar refractivity (Wildman–Crippen MR) is 85.2 cm³/mol. The molecule has 23 heavy (non-hydrogen) atoms. The van der Waals surface area contributed by atoms with Gasteiger partial charge in [-0.25, -0.2) is 0 Å². The van der Waals surface area contributed by atoms with E-state index in [2.05, 4.69) is 5.32 Å². The summed E-state index contributed by atoms with van der Waals surface area (Å²) in [6.45, 7) is 4.84. The van der Waals surface area contributed by atoms with E-state index in [9.17, 15) is 14.7 Å². The van der Waals surface area contributed by atoms with Crippen LogP contribution in [0.15, 0.2) is 10.5 Å². The summed E-state index contributed by atoms with van der Waals surface area (Å²) in [7, 11) is 3.42. The molecule has 0 unspecified atom stereocenters. The Labute approximate surface area is 136 Å². The molecule has 1 aliphatic rings. The first-order valence-electron chi connectivity index (χ1n) is 7.76. The van der Waals surface area contributed by atoms with Gasteiger partial charge in [0, 0.05) is 27.2 Å². The van der Waals surface area contributed by atoms with Crippen molar-refractivity contribution in [2.45, 2.75) is 32.4 Å². The van der Waals surface area contributed by atoms with Gasteiger partial charge < -0.3 is 19.7 Å². The summed E-state index contributed by atoms with van der Waals surface area (Å²) < 4.78 is 5.36. The number of aliphatic hydroxyl groups excluding tert-OH is 1. The van der Waals surface area contributed by atoms with Crippen LogP contribution >= 0.6 is 0 Å². The number of nitrogens with one attached hydrogen (secondary N) is 1. The van der Waals surface area contributed by atoms with E-state index in [1.165, 1.54) is 4.90 Å². The van der Waals surface area contributed by atoms with Gasteiger partial charge in [-0.05, 0) is 26.3 Å². The largest absolute Gasteiger partial charge is 0.466 e. The zero-order valence-corrected chi connectivity index (χ0v) is 14.1. The van der Waals surface area contributed by atoms with Crippen molar-refractivity contribution in [3.8, 4) is 0 Å². The molecule has 0 spiro atoms. The van der Waals surface area contributed by atoms with Gasteiger partial charge in [0.25, 0.3) is 5.91 Å². The number of carbonyl (C=O) groups is 2. The van der Waals surface area contributed by atoms with Gasteiger partial charge in [0.05, 0.1) is 24.3 Å². The van der Waals surface area contributed by atoms with E-state index in [0.29, 0.717) is 36.6 Å². The van der Waals surface area contributed by atoms with Gasteiger partial charge in [0.1, 0.15) is 11.5 Å². The fourth-order valence-electron chi connectivity index (χ4n) is 2.74. The molecule has 2 N–H and O–H groups in total. The Morgan fingerprint density at radius 1 is 1.43 bits per heavy atom. The summed E-state index contributed by atoms with van der Waals surface area (Å²) in [6, 6.07) is 1.38. The van der Waals surface area contributed by atoms with Crippen molar-refractivity contribution in [2.75, 3.05) is 33.7 Å². The van der Waals surface area contributed by atoms with Crippen molar-refractivity contribution in [1.29, 1.82) is 0 Å². The standard InChI is InChI=1S/C16H25N3O4/c1-10-7-12(11(2)23-10)16(22)17-13-5-6-19(8-14(13)20)9-15(21)18(3)4/h7,13-14,20H,5-6,8-9H2,1-4H3,(H,17,22)/t13-,14-/m1/s1. The number of carbonyl (C=O) groups excluding carboxylic acids is 2. The van der Waals surface area contributed by atoms with E-state index in [4.69, 9.17) is 4.42 Å². The van der Waals surface area contributed by atoms with Gasteiger partial charge in [0.15, 0.2) is 0 Å². The minimum absolute atomic E-state index is 0.00387. The number of furan rings is 1. The Bertz CT molecular complexity index is 582. The number of hydrogen-bond donors (Lipinski definition) is 2. The van der Waals surface area contributed by atoms with Crippen LogP contribution in [0, 0.1) is 13.8 Å². The molecule has 0 saturated carbocycles. The van der Waals surface area contributed by atoms with Gasteiger partial charge in [-0.2, -0.15) is 0 Å². The van der Waals surface area contributed by atoms with Crippen molar-refractivity contribution in [3.63, 3.8) is 0 Å². The molecule has 7 nitrogen and oxygen atoms in total. The third-order valence-electron chi connectivity index (χ3n) is 4.13. The lowest BCUT2D eigenvalue weighted by Gasteiger charge is -2.36. The van der Waals surface area contributed by atoms with Crippen molar-refractivity contribution < 1.29 is 19.1 Å². The molecule has 0 radical (unpaired) electrons. The third-order valence-corrected chi connectivity index (χ3v) is 4.13. The Morgan fingerprint density at radius 3 is 2.65 bits per heavy atom. The summed E-state index contributed by atoms with van der Waals surface area (Å²) in [5, 5.41) is 13.1. The monoisotopic (exact) mass is 323 g/mol. The van der Waals surface area contributed by atoms with Crippen LogP contribution in [0.2, 0.25) is 0 Å². The van der Waals surface area contributed by atoms with Crippen molar-refractivity contribution in [3.05, 3.63) is 23.2 Å². The quantitative estimate of drug-likeness (QED) is 0.824. The molecule has 7 heteroatoms. The van der Waals surface area contributed by atoms with E-state index >= 15 is 0 Å². The van der Waals surface area contributed by atoms with Crippen LogP contribution in [-0.4, -0.2) is 72.6 Å². The lowest BCUT2D eigenvalue weighted by molar-refractivity contribution is -0.130. The number of rotatable bonds is 4. The maximum Gasteiger partial charge on any atom is 0.255 e. The highest BCUT2D eigenvalue weighted by atomic mass is 16.3. The molecule has 0 aliphatic carbocycles. The van der Waals surface area contributed by atoms with Crippen LogP contribution in [-0.2, 0) is 4.79 Å². The number of aliphatic hydroxyl groups is 1. The summed E-state index contributed by atoms with van der Waals surface area (Å²) in [5.74, 6) is 1.03. The second kappa shape index (κ2) is 7.14. The fraction of sp³-hybridized carbons (Fsp3) is 0.625. The van der Waals surface area contributed by atoms with Gasteiger partial charge in [-0.15, -0.1) is 0 Å². The number of β-amino-alcohol motifs (C(OH)–C–C–N with tert-alkyl or cyclic N) is 1. The Morgan fingerprint density at radius 2 is 2.13 bits per heavy atom. The number of likely N-dealkylation sites (tertiary alicyclic amines) is 1. The van der Waals surface area contributed by atoms with Gasteiger partial charge in [-0.3, -0.25) is 14.5 Å². The topological polar surface area (TPSA) is 86.0 Å². The predicted octanol–water partition coefficient (Wildman–Crippen LogP) is 0.150. The molecule has 1 saturated heterocycles. The molecule has 0 bridgehead atoms. The highest BCUT2D eigenvalue weighted by Crippen LogP contribution is 2.16. The SMILES string of the molecule is Cc1cc(C(=O)N[C@@H]2CCN(CC(=O)N(C)C)C[C@H]2O)c(C)o1. The molecule has 128 valence electrons. The maximum atomic E-state index is 12.3. The molecule has 1 fully saturated rings. The van der Waals surface area contributed by atoms with E-state index in [-0.39, 0.29) is 24.4 Å². The Hall–Kier alpha value is -1.86. The average molecular weight is 323 g/mol. The first kappa shape index (κ1) is 17.5. The van der Waals surface area contributed by atoms with E-state index in [1.54, 1.807) is 34.0 Å². The number of likely N-dealkylation sites (N-methyl/N-ethyl adjacent to an activating group) is 1. The van der Waals surface area contributed by atoms with Crippen LogP contribution in [0.3, 0.4) is 0 Å². The second-order valence-corrected chi connectivity index (χ2v) is 6.29. The molecule has 1 aromatic heterocycles. The molecule has 2 rings (SSSR count). The maximum absolute atomic E-state index is 12.3. The van der Waals surface area contributed by atoms with Crippen LogP contribution in [0.5, 0.6) is 0 Å².